The molecule has 0 aromatic rings. The highest BCUT2D eigenvalue weighted by Gasteiger charge is 2.76. The van der Waals surface area contributed by atoms with Gasteiger partial charge in [0.15, 0.2) is 11.4 Å². The number of unbranched alkanes of at least 4 members (excludes halogenated alkanes) is 2. The summed E-state index contributed by atoms with van der Waals surface area (Å²) in [7, 11) is 0. The quantitative estimate of drug-likeness (QED) is 0.268. The fourth-order valence-electron chi connectivity index (χ4n) is 8.20. The van der Waals surface area contributed by atoms with Crippen LogP contribution >= 0.6 is 23.2 Å². The number of carbonyl (C=O) groups excluding carboxylic acids is 3. The second-order valence-electron chi connectivity index (χ2n) is 11.6. The van der Waals surface area contributed by atoms with E-state index in [1.165, 1.54) is 0 Å². The third-order valence-electron chi connectivity index (χ3n) is 9.95. The summed E-state index contributed by atoms with van der Waals surface area (Å²) in [5, 5.41) is 9.50. The molecule has 0 spiro atoms. The third kappa shape index (κ3) is 3.62. The Hall–Kier alpha value is -1.17. The van der Waals surface area contributed by atoms with Crippen LogP contribution in [-0.4, -0.2) is 45.1 Å². The first-order valence-corrected chi connectivity index (χ1v) is 13.9. The summed E-state index contributed by atoms with van der Waals surface area (Å²) < 4.78 is 6.17. The molecule has 0 unspecified atom stereocenters. The van der Waals surface area contributed by atoms with E-state index in [2.05, 4.69) is 13.8 Å². The van der Waals surface area contributed by atoms with Crippen LogP contribution in [0.5, 0.6) is 0 Å². The van der Waals surface area contributed by atoms with Crippen LogP contribution in [0.4, 0.5) is 0 Å². The van der Waals surface area contributed by atoms with Crippen molar-refractivity contribution in [2.75, 3.05) is 6.61 Å². The van der Waals surface area contributed by atoms with E-state index in [0.717, 1.165) is 31.3 Å². The van der Waals surface area contributed by atoms with E-state index in [-0.39, 0.29) is 30.0 Å². The first-order chi connectivity index (χ1) is 16.4. The number of aliphatic hydroxyl groups is 1. The van der Waals surface area contributed by atoms with E-state index in [9.17, 15) is 19.5 Å². The van der Waals surface area contributed by atoms with E-state index in [4.69, 9.17) is 27.9 Å². The predicted molar refractivity (Wildman–Crippen MR) is 136 cm³/mol. The summed E-state index contributed by atoms with van der Waals surface area (Å²) >= 11 is 14.8. The Morgan fingerprint density at radius 3 is 2.60 bits per heavy atom. The number of alkyl halides is 2. The van der Waals surface area contributed by atoms with Gasteiger partial charge in [-0.05, 0) is 56.1 Å². The van der Waals surface area contributed by atoms with Gasteiger partial charge in [0.2, 0.25) is 5.78 Å². The molecule has 194 valence electrons. The number of esters is 1. The Morgan fingerprint density at radius 1 is 1.23 bits per heavy atom. The molecule has 4 aliphatic rings. The maximum atomic E-state index is 13.5. The molecule has 0 bridgehead atoms. The van der Waals surface area contributed by atoms with Gasteiger partial charge in [-0.3, -0.25) is 14.4 Å². The molecule has 4 rings (SSSR count). The van der Waals surface area contributed by atoms with Gasteiger partial charge in [0.1, 0.15) is 6.61 Å². The smallest absolute Gasteiger partial charge is 0.306 e. The number of ketones is 2. The third-order valence-corrected chi connectivity index (χ3v) is 11.5. The van der Waals surface area contributed by atoms with E-state index in [0.29, 0.717) is 19.3 Å². The molecule has 4 aliphatic carbocycles. The first kappa shape index (κ1) is 26.9. The number of halogens is 2. The second-order valence-corrected chi connectivity index (χ2v) is 12.8. The van der Waals surface area contributed by atoms with Gasteiger partial charge in [-0.25, -0.2) is 0 Å². The summed E-state index contributed by atoms with van der Waals surface area (Å²) in [5.41, 5.74) is -1.76. The average Bonchev–Trinajstić information content (AvgIpc) is 3.02. The van der Waals surface area contributed by atoms with Crippen molar-refractivity contribution in [2.45, 2.75) is 94.9 Å². The van der Waals surface area contributed by atoms with Gasteiger partial charge in [-0.1, -0.05) is 52.2 Å². The number of carbonyl (C=O) groups is 3. The summed E-state index contributed by atoms with van der Waals surface area (Å²) in [6.45, 7) is 7.40. The zero-order valence-corrected chi connectivity index (χ0v) is 22.8. The van der Waals surface area contributed by atoms with Crippen molar-refractivity contribution in [3.63, 3.8) is 0 Å². The minimum Gasteiger partial charge on any atom is -0.450 e. The predicted octanol–water partition coefficient (Wildman–Crippen LogP) is 5.54. The Labute approximate surface area is 218 Å². The number of aliphatic hydroxyl groups excluding tert-OH is 1. The molecule has 1 N–H and O–H groups in total. The molecule has 7 heteroatoms. The van der Waals surface area contributed by atoms with Crippen molar-refractivity contribution in [3.8, 4) is 0 Å². The fraction of sp³-hybridized carbons (Fsp3) is 0.750. The first-order valence-electron chi connectivity index (χ1n) is 13.1. The Bertz CT molecular complexity index is 974. The van der Waals surface area contributed by atoms with E-state index < -0.39 is 45.0 Å². The summed E-state index contributed by atoms with van der Waals surface area (Å²) in [4.78, 5) is 37.8. The maximum absolute atomic E-state index is 13.5. The number of hydrogen-bond acceptors (Lipinski definition) is 5. The molecule has 3 fully saturated rings. The van der Waals surface area contributed by atoms with Crippen LogP contribution in [0.1, 0.15) is 79.1 Å². The Balaban J connectivity index is 1.76. The zero-order chi connectivity index (χ0) is 25.8. The monoisotopic (exact) mass is 524 g/mol. The summed E-state index contributed by atoms with van der Waals surface area (Å²) in [5.74, 6) is -1.20. The van der Waals surface area contributed by atoms with Gasteiger partial charge in [0, 0.05) is 23.2 Å². The lowest BCUT2D eigenvalue weighted by molar-refractivity contribution is -0.195. The molecule has 0 aliphatic heterocycles. The lowest BCUT2D eigenvalue weighted by atomic mass is 9.46. The number of ether oxygens (including phenoxy) is 1. The standard InChI is InChI=1S/C28H38Cl2O5/c1-5-6-7-8-24(34)35-28(23(33)16-31)17(2)13-21-20-10-9-18-14-19(32)11-12-25(18,3)27(20,30)22(29)15-26(21,28)4/h11-12,14,17,20-22,31H,5-10,13,15-16H2,1-4H3/t17-,20+,21+,22+,25+,26+,27+,28+/m1/s1. The van der Waals surface area contributed by atoms with Gasteiger partial charge >= 0.3 is 5.97 Å². The highest BCUT2D eigenvalue weighted by atomic mass is 35.5. The van der Waals surface area contributed by atoms with E-state index >= 15 is 0 Å². The van der Waals surface area contributed by atoms with E-state index in [1.807, 2.05) is 19.9 Å². The van der Waals surface area contributed by atoms with Crippen molar-refractivity contribution in [1.82, 2.24) is 0 Å². The molecule has 5 nitrogen and oxygen atoms in total. The van der Waals surface area contributed by atoms with Crippen molar-refractivity contribution < 1.29 is 24.2 Å². The lowest BCUT2D eigenvalue weighted by Crippen LogP contribution is -2.68. The largest absolute Gasteiger partial charge is 0.450 e. The van der Waals surface area contributed by atoms with Crippen molar-refractivity contribution in [2.24, 2.45) is 28.6 Å². The normalized spacial score (nSPS) is 44.2. The molecule has 0 heterocycles. The molecule has 0 amide bonds. The highest BCUT2D eigenvalue weighted by Crippen LogP contribution is 2.72. The van der Waals surface area contributed by atoms with Crippen LogP contribution in [0.15, 0.2) is 23.8 Å². The van der Waals surface area contributed by atoms with Gasteiger partial charge in [0.05, 0.1) is 10.3 Å². The Kier molecular flexibility index (Phi) is 7.14. The van der Waals surface area contributed by atoms with Crippen molar-refractivity contribution in [3.05, 3.63) is 23.8 Å². The van der Waals surface area contributed by atoms with Crippen LogP contribution in [0.25, 0.3) is 0 Å². The molecule has 35 heavy (non-hydrogen) atoms. The summed E-state index contributed by atoms with van der Waals surface area (Å²) in [6, 6.07) is 0. The molecule has 0 radical (unpaired) electrons. The van der Waals surface area contributed by atoms with Crippen molar-refractivity contribution >= 4 is 40.7 Å². The van der Waals surface area contributed by atoms with Crippen LogP contribution in [0.3, 0.4) is 0 Å². The summed E-state index contributed by atoms with van der Waals surface area (Å²) in [6.07, 6.45) is 10.6. The van der Waals surface area contributed by atoms with E-state index in [1.54, 1.807) is 12.2 Å². The molecular weight excluding hydrogens is 487 g/mol. The fourth-order valence-corrected chi connectivity index (χ4v) is 9.43. The molecule has 0 saturated heterocycles. The minimum absolute atomic E-state index is 0.0201. The van der Waals surface area contributed by atoms with Crippen LogP contribution in [-0.2, 0) is 19.1 Å². The van der Waals surface area contributed by atoms with Crippen LogP contribution in [0.2, 0.25) is 0 Å². The van der Waals surface area contributed by atoms with Gasteiger partial charge in [-0.2, -0.15) is 0 Å². The van der Waals surface area contributed by atoms with Crippen LogP contribution in [0, 0.1) is 28.6 Å². The van der Waals surface area contributed by atoms with Crippen molar-refractivity contribution in [1.29, 1.82) is 0 Å². The number of hydrogen-bond donors (Lipinski definition) is 1. The highest BCUT2D eigenvalue weighted by molar-refractivity contribution is 6.34. The number of Topliss-reactive ketones (excluding diaryl/α,β-unsaturated/α-hetero) is 1. The molecule has 8 atom stereocenters. The minimum atomic E-state index is -1.43. The number of fused-ring (bicyclic) bond motifs is 5. The average molecular weight is 526 g/mol. The second kappa shape index (κ2) is 9.29. The molecular formula is C28H38Cl2O5. The number of allylic oxidation sites excluding steroid dienone is 4. The van der Waals surface area contributed by atoms with Gasteiger partial charge in [0.25, 0.3) is 0 Å². The SMILES string of the molecule is CCCCCC(=O)O[C@]1(C(=O)CO)[C@H](C)C[C@H]2[C@@H]3CCC4=CC(=O)C=C[C@]4(C)[C@@]3(Cl)[C@@H](Cl)C[C@@]21C. The number of rotatable bonds is 7. The molecule has 3 saturated carbocycles. The molecule has 0 aromatic carbocycles. The topological polar surface area (TPSA) is 80.7 Å². The van der Waals surface area contributed by atoms with Crippen LogP contribution < -0.4 is 0 Å². The maximum Gasteiger partial charge on any atom is 0.306 e. The van der Waals surface area contributed by atoms with Gasteiger partial charge in [-0.15, -0.1) is 23.2 Å². The molecule has 0 aromatic heterocycles. The zero-order valence-electron chi connectivity index (χ0n) is 21.2. The Morgan fingerprint density at radius 2 is 1.94 bits per heavy atom. The lowest BCUT2D eigenvalue weighted by Gasteiger charge is -2.64. The van der Waals surface area contributed by atoms with Gasteiger partial charge < -0.3 is 9.84 Å².